The van der Waals surface area contributed by atoms with Gasteiger partial charge in [0.2, 0.25) is 11.1 Å². The lowest BCUT2D eigenvalue weighted by atomic mass is 9.95. The summed E-state index contributed by atoms with van der Waals surface area (Å²) in [6, 6.07) is 5.11. The van der Waals surface area contributed by atoms with Gasteiger partial charge in [-0.05, 0) is 44.9 Å². The number of hydrogen-bond acceptors (Lipinski definition) is 8. The van der Waals surface area contributed by atoms with E-state index in [0.717, 1.165) is 24.2 Å². The molecule has 1 atom stereocenters. The van der Waals surface area contributed by atoms with E-state index in [4.69, 9.17) is 19.3 Å². The lowest BCUT2D eigenvalue weighted by molar-refractivity contribution is -0.138. The molecule has 0 bridgehead atoms. The topological polar surface area (TPSA) is 87.5 Å². The number of hydrogen-bond donors (Lipinski definition) is 1. The average molecular weight is 473 g/mol. The van der Waals surface area contributed by atoms with Crippen LogP contribution in [0.15, 0.2) is 47.3 Å². The van der Waals surface area contributed by atoms with Gasteiger partial charge >= 0.3 is 5.97 Å². The summed E-state index contributed by atoms with van der Waals surface area (Å²) < 4.78 is 18.6. The van der Waals surface area contributed by atoms with Gasteiger partial charge in [0, 0.05) is 11.4 Å². The third kappa shape index (κ3) is 5.71. The summed E-state index contributed by atoms with van der Waals surface area (Å²) in [5, 5.41) is 8.61. The molecular formula is C24H32N4O4S. The first-order valence-electron chi connectivity index (χ1n) is 11.1. The highest BCUT2D eigenvalue weighted by Crippen LogP contribution is 2.40. The molecule has 3 rings (SSSR count). The molecule has 2 aromatic rings. The Bertz CT molecular complexity index is 1030. The Morgan fingerprint density at radius 2 is 2.15 bits per heavy atom. The summed E-state index contributed by atoms with van der Waals surface area (Å²) in [6.07, 6.45) is 3.73. The highest BCUT2D eigenvalue weighted by Gasteiger charge is 2.35. The van der Waals surface area contributed by atoms with E-state index in [9.17, 15) is 4.79 Å². The van der Waals surface area contributed by atoms with Gasteiger partial charge in [0.25, 0.3) is 0 Å². The van der Waals surface area contributed by atoms with Gasteiger partial charge in [-0.2, -0.15) is 4.98 Å². The lowest BCUT2D eigenvalue weighted by Crippen LogP contribution is -2.29. The van der Waals surface area contributed by atoms with Crippen molar-refractivity contribution in [3.05, 3.63) is 47.7 Å². The summed E-state index contributed by atoms with van der Waals surface area (Å²) in [6.45, 7) is 11.7. The van der Waals surface area contributed by atoms with Crippen molar-refractivity contribution in [1.29, 1.82) is 0 Å². The molecule has 0 spiro atoms. The van der Waals surface area contributed by atoms with Crippen LogP contribution in [0.1, 0.15) is 52.1 Å². The third-order valence-electron chi connectivity index (χ3n) is 4.98. The predicted octanol–water partition coefficient (Wildman–Crippen LogP) is 4.98. The SMILES string of the molecule is C=CCOC(=O)C1=C(C)Nc2nc(SCCCC)nn2C1c1ccc(OC(C)C)c(OC)c1. The fraction of sp³-hybridized carbons (Fsp3) is 0.458. The van der Waals surface area contributed by atoms with Crippen LogP contribution in [0.4, 0.5) is 5.95 Å². The minimum absolute atomic E-state index is 0.000153. The van der Waals surface area contributed by atoms with E-state index >= 15 is 0 Å². The van der Waals surface area contributed by atoms with Gasteiger partial charge < -0.3 is 19.5 Å². The van der Waals surface area contributed by atoms with E-state index in [1.165, 1.54) is 0 Å². The fourth-order valence-electron chi connectivity index (χ4n) is 3.49. The molecule has 1 aliphatic heterocycles. The number of unbranched alkanes of at least 4 members (excludes halogenated alkanes) is 1. The molecule has 0 fully saturated rings. The van der Waals surface area contributed by atoms with Gasteiger partial charge in [0.1, 0.15) is 12.6 Å². The molecule has 0 amide bonds. The summed E-state index contributed by atoms with van der Waals surface area (Å²) in [7, 11) is 1.60. The van der Waals surface area contributed by atoms with Crippen molar-refractivity contribution in [3.63, 3.8) is 0 Å². The Hall–Kier alpha value is -2.94. The maximum Gasteiger partial charge on any atom is 0.338 e. The van der Waals surface area contributed by atoms with Crippen LogP contribution in [0.25, 0.3) is 0 Å². The Morgan fingerprint density at radius 3 is 2.82 bits per heavy atom. The number of aromatic nitrogens is 3. The molecule has 178 valence electrons. The van der Waals surface area contributed by atoms with Gasteiger partial charge in [-0.1, -0.05) is 43.8 Å². The second kappa shape index (κ2) is 11.3. The third-order valence-corrected chi connectivity index (χ3v) is 5.90. The molecule has 1 aromatic carbocycles. The number of esters is 1. The molecule has 8 nitrogen and oxygen atoms in total. The van der Waals surface area contributed by atoms with E-state index in [1.54, 1.807) is 29.6 Å². The number of allylic oxidation sites excluding steroid dienone is 1. The van der Waals surface area contributed by atoms with E-state index in [-0.39, 0.29) is 12.7 Å². The summed E-state index contributed by atoms with van der Waals surface area (Å²) in [4.78, 5) is 17.7. The van der Waals surface area contributed by atoms with Crippen LogP contribution in [-0.4, -0.2) is 46.3 Å². The molecule has 0 aliphatic carbocycles. The molecule has 0 radical (unpaired) electrons. The smallest absolute Gasteiger partial charge is 0.338 e. The average Bonchev–Trinajstić information content (AvgIpc) is 3.18. The minimum Gasteiger partial charge on any atom is -0.493 e. The van der Waals surface area contributed by atoms with E-state index in [1.807, 2.05) is 39.0 Å². The number of anilines is 1. The Balaban J connectivity index is 2.07. The van der Waals surface area contributed by atoms with Gasteiger partial charge in [-0.3, -0.25) is 0 Å². The Labute approximate surface area is 199 Å². The molecular weight excluding hydrogens is 440 g/mol. The first kappa shape index (κ1) is 24.7. The number of nitrogens with one attached hydrogen (secondary N) is 1. The van der Waals surface area contributed by atoms with Crippen LogP contribution in [0.5, 0.6) is 11.5 Å². The van der Waals surface area contributed by atoms with Gasteiger partial charge in [-0.25, -0.2) is 9.48 Å². The lowest BCUT2D eigenvalue weighted by Gasteiger charge is -2.28. The zero-order valence-corrected chi connectivity index (χ0v) is 20.7. The second-order valence-electron chi connectivity index (χ2n) is 7.89. The quantitative estimate of drug-likeness (QED) is 0.212. The van der Waals surface area contributed by atoms with Crippen molar-refractivity contribution >= 4 is 23.7 Å². The zero-order valence-electron chi connectivity index (χ0n) is 19.9. The summed E-state index contributed by atoms with van der Waals surface area (Å²) in [5.41, 5.74) is 1.94. The zero-order chi connectivity index (χ0) is 24.0. The van der Waals surface area contributed by atoms with Crippen LogP contribution in [-0.2, 0) is 9.53 Å². The number of fused-ring (bicyclic) bond motifs is 1. The van der Waals surface area contributed by atoms with Crippen LogP contribution >= 0.6 is 11.8 Å². The molecule has 0 saturated carbocycles. The molecule has 9 heteroatoms. The number of carbonyl (C=O) groups excluding carboxylic acids is 1. The standard InChI is InChI=1S/C24H32N4O4S/c1-7-9-13-33-24-26-23-25-16(5)20(22(29)31-12-8-2)21(28(23)27-24)17-10-11-18(32-15(3)4)19(14-17)30-6/h8,10-11,14-15,21H,2,7,9,12-13H2,1,3-6H3,(H,25,26,27). The molecule has 33 heavy (non-hydrogen) atoms. The first-order chi connectivity index (χ1) is 15.9. The fourth-order valence-corrected chi connectivity index (χ4v) is 4.40. The molecule has 2 heterocycles. The minimum atomic E-state index is -0.534. The Morgan fingerprint density at radius 1 is 1.36 bits per heavy atom. The normalized spacial score (nSPS) is 15.2. The maximum atomic E-state index is 13.1. The van der Waals surface area contributed by atoms with Crippen molar-refractivity contribution in [2.75, 3.05) is 24.8 Å². The van der Waals surface area contributed by atoms with Crippen molar-refractivity contribution < 1.29 is 19.0 Å². The number of methoxy groups -OCH3 is 1. The Kier molecular flexibility index (Phi) is 8.43. The molecule has 1 aliphatic rings. The van der Waals surface area contributed by atoms with Gasteiger partial charge in [-0.15, -0.1) is 5.10 Å². The number of benzene rings is 1. The van der Waals surface area contributed by atoms with Crippen molar-refractivity contribution in [2.24, 2.45) is 0 Å². The largest absolute Gasteiger partial charge is 0.493 e. The monoisotopic (exact) mass is 472 g/mol. The van der Waals surface area contributed by atoms with Crippen LogP contribution in [0, 0.1) is 0 Å². The van der Waals surface area contributed by atoms with Crippen LogP contribution in [0.3, 0.4) is 0 Å². The van der Waals surface area contributed by atoms with Crippen LogP contribution < -0.4 is 14.8 Å². The number of ether oxygens (including phenoxy) is 3. The van der Waals surface area contributed by atoms with E-state index in [0.29, 0.717) is 33.9 Å². The highest BCUT2D eigenvalue weighted by molar-refractivity contribution is 7.99. The van der Waals surface area contributed by atoms with E-state index in [2.05, 4.69) is 23.8 Å². The number of nitrogens with zero attached hydrogens (tertiary/aromatic N) is 3. The molecule has 0 saturated heterocycles. The van der Waals surface area contributed by atoms with Gasteiger partial charge in [0.15, 0.2) is 11.5 Å². The number of rotatable bonds is 11. The van der Waals surface area contributed by atoms with Gasteiger partial charge in [0.05, 0.1) is 18.8 Å². The number of thioether (sulfide) groups is 1. The number of carbonyl (C=O) groups is 1. The summed E-state index contributed by atoms with van der Waals surface area (Å²) >= 11 is 1.60. The highest BCUT2D eigenvalue weighted by atomic mass is 32.2. The van der Waals surface area contributed by atoms with Crippen molar-refractivity contribution in [1.82, 2.24) is 14.8 Å². The van der Waals surface area contributed by atoms with E-state index < -0.39 is 12.0 Å². The maximum absolute atomic E-state index is 13.1. The van der Waals surface area contributed by atoms with Crippen molar-refractivity contribution in [2.45, 2.75) is 57.8 Å². The summed E-state index contributed by atoms with van der Waals surface area (Å²) in [5.74, 6) is 2.29. The molecule has 1 aromatic heterocycles. The van der Waals surface area contributed by atoms with Crippen LogP contribution in [0.2, 0.25) is 0 Å². The second-order valence-corrected chi connectivity index (χ2v) is 8.96. The molecule has 1 unspecified atom stereocenters. The van der Waals surface area contributed by atoms with Crippen molar-refractivity contribution in [3.8, 4) is 11.5 Å². The predicted molar refractivity (Wildman–Crippen MR) is 130 cm³/mol. The molecule has 1 N–H and O–H groups in total. The first-order valence-corrected chi connectivity index (χ1v) is 12.1.